The maximum atomic E-state index is 11.3. The molecule has 0 aromatic carbocycles. The van der Waals surface area contributed by atoms with Gasteiger partial charge in [0.25, 0.3) is 0 Å². The highest BCUT2D eigenvalue weighted by molar-refractivity contribution is 5.71. The molecule has 0 saturated carbocycles. The van der Waals surface area contributed by atoms with Gasteiger partial charge >= 0.3 is 5.97 Å². The summed E-state index contributed by atoms with van der Waals surface area (Å²) >= 11 is 0. The molecule has 4 nitrogen and oxygen atoms in total. The normalized spacial score (nSPS) is 20.7. The molecule has 0 aliphatic carbocycles. The summed E-state index contributed by atoms with van der Waals surface area (Å²) in [7, 11) is 0. The highest BCUT2D eigenvalue weighted by atomic mass is 16.5. The zero-order chi connectivity index (χ0) is 12.0. The van der Waals surface area contributed by atoms with Crippen molar-refractivity contribution in [2.75, 3.05) is 39.3 Å². The van der Waals surface area contributed by atoms with E-state index in [1.807, 2.05) is 6.92 Å². The summed E-state index contributed by atoms with van der Waals surface area (Å²) in [6.45, 7) is 11.3. The monoisotopic (exact) mass is 228 g/mol. The molecule has 1 fully saturated rings. The van der Waals surface area contributed by atoms with Crippen molar-refractivity contribution in [1.82, 2.24) is 9.80 Å². The van der Waals surface area contributed by atoms with Crippen molar-refractivity contribution in [2.24, 2.45) is 0 Å². The molecule has 0 bridgehead atoms. The summed E-state index contributed by atoms with van der Waals surface area (Å²) in [6.07, 6.45) is 1.19. The van der Waals surface area contributed by atoms with Crippen molar-refractivity contribution in [3.05, 3.63) is 0 Å². The molecule has 1 aliphatic rings. The van der Waals surface area contributed by atoms with Crippen LogP contribution in [0.1, 0.15) is 27.2 Å². The first-order valence-electron chi connectivity index (χ1n) is 6.29. The summed E-state index contributed by atoms with van der Waals surface area (Å²) < 4.78 is 4.95. The Labute approximate surface area is 98.5 Å². The van der Waals surface area contributed by atoms with Crippen LogP contribution in [0.25, 0.3) is 0 Å². The number of hydrogen-bond donors (Lipinski definition) is 0. The van der Waals surface area contributed by atoms with Gasteiger partial charge in [-0.1, -0.05) is 6.92 Å². The van der Waals surface area contributed by atoms with Gasteiger partial charge < -0.3 is 4.74 Å². The Morgan fingerprint density at radius 2 is 1.88 bits per heavy atom. The van der Waals surface area contributed by atoms with Crippen molar-refractivity contribution in [3.8, 4) is 0 Å². The number of esters is 1. The third kappa shape index (κ3) is 4.10. The minimum atomic E-state index is -0.0977. The SMILES string of the molecule is CCOC(=O)CN1CCN(C(C)CC)CC1. The van der Waals surface area contributed by atoms with Crippen molar-refractivity contribution in [2.45, 2.75) is 33.2 Å². The molecular weight excluding hydrogens is 204 g/mol. The second-order valence-electron chi connectivity index (χ2n) is 4.37. The summed E-state index contributed by atoms with van der Waals surface area (Å²) in [6, 6.07) is 0.657. The summed E-state index contributed by atoms with van der Waals surface area (Å²) in [5, 5.41) is 0. The van der Waals surface area contributed by atoms with Gasteiger partial charge in [0.15, 0.2) is 0 Å². The van der Waals surface area contributed by atoms with Gasteiger partial charge in [-0.3, -0.25) is 14.6 Å². The fourth-order valence-electron chi connectivity index (χ4n) is 2.01. The Bertz CT molecular complexity index is 213. The quantitative estimate of drug-likeness (QED) is 0.656. The first kappa shape index (κ1) is 13.5. The van der Waals surface area contributed by atoms with E-state index >= 15 is 0 Å². The van der Waals surface area contributed by atoms with E-state index in [1.165, 1.54) is 6.42 Å². The lowest BCUT2D eigenvalue weighted by molar-refractivity contribution is -0.144. The summed E-state index contributed by atoms with van der Waals surface area (Å²) in [4.78, 5) is 16.0. The highest BCUT2D eigenvalue weighted by Gasteiger charge is 2.21. The van der Waals surface area contributed by atoms with Crippen LogP contribution in [0.4, 0.5) is 0 Å². The van der Waals surface area contributed by atoms with E-state index in [-0.39, 0.29) is 5.97 Å². The molecule has 0 N–H and O–H groups in total. The molecule has 1 rings (SSSR count). The minimum Gasteiger partial charge on any atom is -0.465 e. The Balaban J connectivity index is 2.24. The maximum Gasteiger partial charge on any atom is 0.320 e. The topological polar surface area (TPSA) is 32.8 Å². The van der Waals surface area contributed by atoms with Gasteiger partial charge in [0.1, 0.15) is 0 Å². The highest BCUT2D eigenvalue weighted by Crippen LogP contribution is 2.08. The summed E-state index contributed by atoms with van der Waals surface area (Å²) in [5.74, 6) is -0.0977. The van der Waals surface area contributed by atoms with E-state index in [1.54, 1.807) is 0 Å². The molecule has 0 spiro atoms. The minimum absolute atomic E-state index is 0.0977. The Hall–Kier alpha value is -0.610. The van der Waals surface area contributed by atoms with Gasteiger partial charge in [0.05, 0.1) is 13.2 Å². The molecule has 16 heavy (non-hydrogen) atoms. The Morgan fingerprint density at radius 3 is 2.38 bits per heavy atom. The van der Waals surface area contributed by atoms with E-state index in [0.29, 0.717) is 19.2 Å². The second-order valence-corrected chi connectivity index (χ2v) is 4.37. The number of hydrogen-bond acceptors (Lipinski definition) is 4. The molecule has 1 saturated heterocycles. The lowest BCUT2D eigenvalue weighted by Gasteiger charge is -2.37. The molecule has 4 heteroatoms. The van der Waals surface area contributed by atoms with Gasteiger partial charge in [0.2, 0.25) is 0 Å². The molecular formula is C12H24N2O2. The van der Waals surface area contributed by atoms with Crippen molar-refractivity contribution < 1.29 is 9.53 Å². The smallest absolute Gasteiger partial charge is 0.320 e. The van der Waals surface area contributed by atoms with Crippen LogP contribution in [0.15, 0.2) is 0 Å². The van der Waals surface area contributed by atoms with E-state index in [4.69, 9.17) is 4.74 Å². The van der Waals surface area contributed by atoms with Gasteiger partial charge in [-0.05, 0) is 20.3 Å². The molecule has 0 aromatic heterocycles. The van der Waals surface area contributed by atoms with Crippen LogP contribution in [0.5, 0.6) is 0 Å². The van der Waals surface area contributed by atoms with Crippen LogP contribution in [0.3, 0.4) is 0 Å². The molecule has 1 aliphatic heterocycles. The third-order valence-corrected chi connectivity index (χ3v) is 3.28. The van der Waals surface area contributed by atoms with Crippen molar-refractivity contribution in [1.29, 1.82) is 0 Å². The number of nitrogens with zero attached hydrogens (tertiary/aromatic N) is 2. The predicted molar refractivity (Wildman–Crippen MR) is 64.4 cm³/mol. The second kappa shape index (κ2) is 6.86. The zero-order valence-electron chi connectivity index (χ0n) is 10.7. The lowest BCUT2D eigenvalue weighted by atomic mass is 10.2. The maximum absolute atomic E-state index is 11.3. The molecule has 0 aromatic rings. The number of carbonyl (C=O) groups is 1. The van der Waals surface area contributed by atoms with Crippen molar-refractivity contribution >= 4 is 5.97 Å². The first-order chi connectivity index (χ1) is 7.67. The van der Waals surface area contributed by atoms with Gasteiger partial charge in [-0.2, -0.15) is 0 Å². The molecule has 0 radical (unpaired) electrons. The number of rotatable bonds is 5. The fourth-order valence-corrected chi connectivity index (χ4v) is 2.01. The Kier molecular flexibility index (Phi) is 5.77. The number of carbonyl (C=O) groups excluding carboxylic acids is 1. The average Bonchev–Trinajstić information content (AvgIpc) is 2.29. The van der Waals surface area contributed by atoms with Gasteiger partial charge in [0, 0.05) is 32.2 Å². The molecule has 94 valence electrons. The molecule has 1 atom stereocenters. The van der Waals surface area contributed by atoms with Crippen LogP contribution in [0, 0.1) is 0 Å². The number of ether oxygens (including phenoxy) is 1. The average molecular weight is 228 g/mol. The first-order valence-corrected chi connectivity index (χ1v) is 6.29. The van der Waals surface area contributed by atoms with Gasteiger partial charge in [-0.25, -0.2) is 0 Å². The largest absolute Gasteiger partial charge is 0.465 e. The summed E-state index contributed by atoms with van der Waals surface area (Å²) in [5.41, 5.74) is 0. The Morgan fingerprint density at radius 1 is 1.25 bits per heavy atom. The molecule has 1 heterocycles. The van der Waals surface area contributed by atoms with E-state index < -0.39 is 0 Å². The van der Waals surface area contributed by atoms with Crippen LogP contribution in [-0.4, -0.2) is 61.1 Å². The third-order valence-electron chi connectivity index (χ3n) is 3.28. The zero-order valence-corrected chi connectivity index (χ0v) is 10.7. The fraction of sp³-hybridized carbons (Fsp3) is 0.917. The van der Waals surface area contributed by atoms with Crippen LogP contribution < -0.4 is 0 Å². The number of piperazine rings is 1. The van der Waals surface area contributed by atoms with Crippen LogP contribution in [-0.2, 0) is 9.53 Å². The van der Waals surface area contributed by atoms with E-state index in [0.717, 1.165) is 26.2 Å². The van der Waals surface area contributed by atoms with E-state index in [2.05, 4.69) is 23.6 Å². The van der Waals surface area contributed by atoms with Gasteiger partial charge in [-0.15, -0.1) is 0 Å². The molecule has 1 unspecified atom stereocenters. The predicted octanol–water partition coefficient (Wildman–Crippen LogP) is 0.966. The molecule has 0 amide bonds. The standard InChI is InChI=1S/C12H24N2O2/c1-4-11(3)14-8-6-13(7-9-14)10-12(15)16-5-2/h11H,4-10H2,1-3H3. The lowest BCUT2D eigenvalue weighted by Crippen LogP contribution is -2.50. The van der Waals surface area contributed by atoms with Crippen molar-refractivity contribution in [3.63, 3.8) is 0 Å². The van der Waals surface area contributed by atoms with E-state index in [9.17, 15) is 4.79 Å². The van der Waals surface area contributed by atoms with Crippen LogP contribution in [0.2, 0.25) is 0 Å². The van der Waals surface area contributed by atoms with Crippen LogP contribution >= 0.6 is 0 Å².